The standard InChI is InChI=1S/C30H25I2NO3S/c1-20(34)33-28-26(18-22(31)19-27(28)32)29(35)36-30(2,3)21-14-16-25(17-15-21)37(23-10-6-4-7-11-23)24-12-8-5-9-13-24/h4-19H,1-3H3/p+1. The SMILES string of the molecule is CC(=O)Nc1c(I)cc(I)cc1C(=O)OC(C)(C)c1ccc([S+](c2ccccc2)c2ccccc2)cc1. The molecule has 0 saturated carbocycles. The molecule has 0 spiro atoms. The summed E-state index contributed by atoms with van der Waals surface area (Å²) in [5, 5.41) is 2.78. The smallest absolute Gasteiger partial charge is 0.341 e. The van der Waals surface area contributed by atoms with Crippen LogP contribution in [0, 0.1) is 7.14 Å². The Morgan fingerprint density at radius 2 is 1.30 bits per heavy atom. The van der Waals surface area contributed by atoms with E-state index in [1.165, 1.54) is 21.6 Å². The highest BCUT2D eigenvalue weighted by molar-refractivity contribution is 14.1. The lowest BCUT2D eigenvalue weighted by molar-refractivity contribution is -0.114. The third-order valence-electron chi connectivity index (χ3n) is 5.67. The molecule has 0 atom stereocenters. The molecule has 1 N–H and O–H groups in total. The first-order chi connectivity index (χ1) is 17.7. The van der Waals surface area contributed by atoms with Gasteiger partial charge in [0.15, 0.2) is 14.7 Å². The Balaban J connectivity index is 1.63. The lowest BCUT2D eigenvalue weighted by Gasteiger charge is -2.26. The van der Waals surface area contributed by atoms with Crippen LogP contribution >= 0.6 is 45.2 Å². The molecule has 4 aromatic carbocycles. The summed E-state index contributed by atoms with van der Waals surface area (Å²) in [5.41, 5.74) is 0.814. The van der Waals surface area contributed by atoms with Crippen LogP contribution in [0.5, 0.6) is 0 Å². The quantitative estimate of drug-likeness (QED) is 0.119. The molecular formula is C30H26I2NO3S+. The summed E-state index contributed by atoms with van der Waals surface area (Å²) in [5.74, 6) is -0.724. The third kappa shape index (κ3) is 6.74. The monoisotopic (exact) mass is 734 g/mol. The van der Waals surface area contributed by atoms with Crippen LogP contribution < -0.4 is 5.32 Å². The van der Waals surface area contributed by atoms with E-state index in [0.717, 1.165) is 12.7 Å². The van der Waals surface area contributed by atoms with E-state index in [4.69, 9.17) is 4.74 Å². The number of hydrogen-bond acceptors (Lipinski definition) is 3. The van der Waals surface area contributed by atoms with Crippen LogP contribution in [0.3, 0.4) is 0 Å². The number of carbonyl (C=O) groups is 2. The predicted octanol–water partition coefficient (Wildman–Crippen LogP) is 8.04. The fourth-order valence-corrected chi connectivity index (χ4v) is 7.96. The molecule has 7 heteroatoms. The average Bonchev–Trinajstić information content (AvgIpc) is 2.87. The number of rotatable bonds is 7. The van der Waals surface area contributed by atoms with Crippen molar-refractivity contribution in [2.75, 3.05) is 5.32 Å². The number of amides is 1. The molecule has 0 radical (unpaired) electrons. The molecule has 188 valence electrons. The third-order valence-corrected chi connectivity index (χ3v) is 9.37. The van der Waals surface area contributed by atoms with Crippen LogP contribution in [0.15, 0.2) is 112 Å². The highest BCUT2D eigenvalue weighted by Crippen LogP contribution is 2.34. The highest BCUT2D eigenvalue weighted by Gasteiger charge is 2.31. The Morgan fingerprint density at radius 3 is 1.81 bits per heavy atom. The van der Waals surface area contributed by atoms with Crippen LogP contribution in [0.2, 0.25) is 0 Å². The van der Waals surface area contributed by atoms with Gasteiger partial charge < -0.3 is 10.1 Å². The van der Waals surface area contributed by atoms with Gasteiger partial charge >= 0.3 is 5.97 Å². The summed E-state index contributed by atoms with van der Waals surface area (Å²) >= 11 is 4.28. The maximum atomic E-state index is 13.3. The summed E-state index contributed by atoms with van der Waals surface area (Å²) in [6.07, 6.45) is 0. The number of nitrogens with one attached hydrogen (secondary N) is 1. The molecular weight excluding hydrogens is 708 g/mol. The molecule has 0 aliphatic heterocycles. The van der Waals surface area contributed by atoms with Crippen molar-refractivity contribution < 1.29 is 14.3 Å². The number of ether oxygens (including phenoxy) is 1. The second-order valence-electron chi connectivity index (χ2n) is 8.85. The predicted molar refractivity (Wildman–Crippen MR) is 166 cm³/mol. The molecule has 37 heavy (non-hydrogen) atoms. The Morgan fingerprint density at radius 1 is 0.784 bits per heavy atom. The molecule has 4 rings (SSSR count). The van der Waals surface area contributed by atoms with Crippen molar-refractivity contribution in [2.45, 2.75) is 41.1 Å². The Bertz CT molecular complexity index is 1370. The van der Waals surface area contributed by atoms with Crippen LogP contribution in [0.1, 0.15) is 36.7 Å². The summed E-state index contributed by atoms with van der Waals surface area (Å²) in [6.45, 7) is 5.18. The van der Waals surface area contributed by atoms with Crippen molar-refractivity contribution in [1.82, 2.24) is 0 Å². The molecule has 0 aliphatic carbocycles. The van der Waals surface area contributed by atoms with E-state index >= 15 is 0 Å². The van der Waals surface area contributed by atoms with Crippen LogP contribution in [-0.2, 0) is 26.0 Å². The average molecular weight is 734 g/mol. The number of benzene rings is 4. The lowest BCUT2D eigenvalue weighted by atomic mass is 9.98. The molecule has 0 heterocycles. The normalized spacial score (nSPS) is 11.3. The minimum atomic E-state index is -0.881. The van der Waals surface area contributed by atoms with Gasteiger partial charge in [0.1, 0.15) is 5.60 Å². The maximum absolute atomic E-state index is 13.3. The first kappa shape index (κ1) is 27.7. The van der Waals surface area contributed by atoms with Crippen molar-refractivity contribution in [1.29, 1.82) is 0 Å². The van der Waals surface area contributed by atoms with E-state index in [1.54, 1.807) is 6.07 Å². The van der Waals surface area contributed by atoms with E-state index in [-0.39, 0.29) is 16.8 Å². The first-order valence-electron chi connectivity index (χ1n) is 11.6. The Kier molecular flexibility index (Phi) is 8.97. The molecule has 1 amide bonds. The van der Waals surface area contributed by atoms with E-state index in [1.807, 2.05) is 44.2 Å². The highest BCUT2D eigenvalue weighted by atomic mass is 127. The van der Waals surface area contributed by atoms with Crippen molar-refractivity contribution in [3.05, 3.63) is 115 Å². The minimum Gasteiger partial charge on any atom is -0.451 e. The van der Waals surface area contributed by atoms with E-state index in [0.29, 0.717) is 11.3 Å². The van der Waals surface area contributed by atoms with Gasteiger partial charge in [-0.15, -0.1) is 0 Å². The Hall–Kier alpha value is -2.37. The van der Waals surface area contributed by atoms with E-state index in [2.05, 4.69) is 111 Å². The fourth-order valence-electron chi connectivity index (χ4n) is 3.90. The summed E-state index contributed by atoms with van der Waals surface area (Å²) < 4.78 is 7.69. The maximum Gasteiger partial charge on any atom is 0.341 e. The summed E-state index contributed by atoms with van der Waals surface area (Å²) in [7, 11) is -0.254. The number of carbonyl (C=O) groups excluding carboxylic acids is 2. The second-order valence-corrected chi connectivity index (χ2v) is 13.3. The van der Waals surface area contributed by atoms with Gasteiger partial charge in [-0.3, -0.25) is 4.79 Å². The number of hydrogen-bond donors (Lipinski definition) is 1. The zero-order valence-corrected chi connectivity index (χ0v) is 25.8. The van der Waals surface area contributed by atoms with Crippen molar-refractivity contribution in [3.63, 3.8) is 0 Å². The molecule has 0 aromatic heterocycles. The molecule has 0 saturated heterocycles. The second kappa shape index (κ2) is 12.0. The van der Waals surface area contributed by atoms with Crippen LogP contribution in [0.4, 0.5) is 5.69 Å². The summed E-state index contributed by atoms with van der Waals surface area (Å²) in [4.78, 5) is 28.7. The van der Waals surface area contributed by atoms with Gasteiger partial charge in [0.05, 0.1) is 22.1 Å². The number of halogens is 2. The molecule has 0 bridgehead atoms. The van der Waals surface area contributed by atoms with Crippen LogP contribution in [0.25, 0.3) is 0 Å². The molecule has 4 aromatic rings. The molecule has 4 nitrogen and oxygen atoms in total. The molecule has 0 unspecified atom stereocenters. The lowest BCUT2D eigenvalue weighted by Crippen LogP contribution is -2.26. The topological polar surface area (TPSA) is 55.4 Å². The zero-order valence-electron chi connectivity index (χ0n) is 20.6. The molecule has 0 aliphatic rings. The Labute approximate surface area is 247 Å². The largest absolute Gasteiger partial charge is 0.451 e. The van der Waals surface area contributed by atoms with E-state index in [9.17, 15) is 9.59 Å². The molecule has 0 fully saturated rings. The van der Waals surface area contributed by atoms with Crippen LogP contribution in [-0.4, -0.2) is 11.9 Å². The van der Waals surface area contributed by atoms with Gasteiger partial charge in [-0.1, -0.05) is 48.5 Å². The van der Waals surface area contributed by atoms with Crippen molar-refractivity contribution in [3.8, 4) is 0 Å². The van der Waals surface area contributed by atoms with Gasteiger partial charge in [0, 0.05) is 14.1 Å². The van der Waals surface area contributed by atoms with Gasteiger partial charge in [-0.05, 0) is 113 Å². The fraction of sp³-hybridized carbons (Fsp3) is 0.133. The van der Waals surface area contributed by atoms with Crippen molar-refractivity contribution >= 4 is 73.6 Å². The van der Waals surface area contributed by atoms with Gasteiger partial charge in [0.25, 0.3) is 0 Å². The van der Waals surface area contributed by atoms with Gasteiger partial charge in [-0.25, -0.2) is 4.79 Å². The number of esters is 1. The minimum absolute atomic E-state index is 0.241. The first-order valence-corrected chi connectivity index (χ1v) is 15.0. The summed E-state index contributed by atoms with van der Waals surface area (Å²) in [6, 6.07) is 32.9. The van der Waals surface area contributed by atoms with E-state index < -0.39 is 11.6 Å². The van der Waals surface area contributed by atoms with Crippen molar-refractivity contribution in [2.24, 2.45) is 0 Å². The zero-order chi connectivity index (χ0) is 26.6. The number of anilines is 1. The van der Waals surface area contributed by atoms with Gasteiger partial charge in [0.2, 0.25) is 5.91 Å². The van der Waals surface area contributed by atoms with Gasteiger partial charge in [-0.2, -0.15) is 0 Å².